The smallest absolute Gasteiger partial charge is 0.449 e. The van der Waals surface area contributed by atoms with Crippen molar-refractivity contribution in [2.24, 2.45) is 0 Å². The van der Waals surface area contributed by atoms with Gasteiger partial charge in [0.15, 0.2) is 5.82 Å². The number of alkyl halides is 3. The number of benzene rings is 2. The first kappa shape index (κ1) is 21.8. The molecule has 2 aliphatic heterocycles. The van der Waals surface area contributed by atoms with E-state index in [1.165, 1.54) is 10.6 Å². The molecule has 1 aromatic heterocycles. The summed E-state index contributed by atoms with van der Waals surface area (Å²) < 4.78 is 45.1. The first-order valence-corrected chi connectivity index (χ1v) is 10.7. The van der Waals surface area contributed by atoms with Gasteiger partial charge in [-0.05, 0) is 36.2 Å². The van der Waals surface area contributed by atoms with E-state index in [-0.39, 0.29) is 17.9 Å². The first-order valence-electron chi connectivity index (χ1n) is 10.7. The van der Waals surface area contributed by atoms with Gasteiger partial charge in [0, 0.05) is 12.6 Å². The third-order valence-electron chi connectivity index (χ3n) is 5.58. The van der Waals surface area contributed by atoms with Crippen LogP contribution in [0.1, 0.15) is 34.0 Å². The molecule has 0 unspecified atom stereocenters. The first-order chi connectivity index (χ1) is 16.3. The minimum absolute atomic E-state index is 0.0281. The highest BCUT2D eigenvalue weighted by Gasteiger charge is 2.35. The van der Waals surface area contributed by atoms with E-state index < -0.39 is 17.5 Å². The molecule has 0 aliphatic carbocycles. The minimum Gasteiger partial charge on any atom is -0.456 e. The van der Waals surface area contributed by atoms with Crippen LogP contribution in [-0.4, -0.2) is 14.5 Å². The van der Waals surface area contributed by atoms with Crippen molar-refractivity contribution in [2.45, 2.75) is 25.9 Å². The van der Waals surface area contributed by atoms with Crippen LogP contribution in [0.15, 0.2) is 82.1 Å². The van der Waals surface area contributed by atoms with Crippen molar-refractivity contribution in [3.63, 3.8) is 0 Å². The topological polar surface area (TPSA) is 63.8 Å². The number of halogens is 3. The van der Waals surface area contributed by atoms with Crippen LogP contribution in [-0.2, 0) is 19.0 Å². The predicted octanol–water partition coefficient (Wildman–Crippen LogP) is 5.77. The molecular formula is C26H20F3N3O2. The molecule has 0 amide bonds. The van der Waals surface area contributed by atoms with Gasteiger partial charge in [0.25, 0.3) is 5.56 Å². The maximum Gasteiger partial charge on any atom is 0.449 e. The van der Waals surface area contributed by atoms with E-state index in [9.17, 15) is 18.0 Å². The maximum absolute atomic E-state index is 13.2. The fourth-order valence-electron chi connectivity index (χ4n) is 3.97. The summed E-state index contributed by atoms with van der Waals surface area (Å²) in [6.07, 6.45) is -2.54. The van der Waals surface area contributed by atoms with Crippen LogP contribution < -0.4 is 5.56 Å². The molecule has 8 heteroatoms. The lowest BCUT2D eigenvalue weighted by atomic mass is 10.1. The average molecular weight is 463 g/mol. The number of hydrogen-bond acceptors (Lipinski definition) is 3. The van der Waals surface area contributed by atoms with Crippen LogP contribution in [0.2, 0.25) is 0 Å². The van der Waals surface area contributed by atoms with Gasteiger partial charge in [0.05, 0.1) is 17.8 Å². The molecule has 0 atom stereocenters. The largest absolute Gasteiger partial charge is 0.456 e. The number of nitrogens with one attached hydrogen (secondary N) is 1. The Morgan fingerprint density at radius 3 is 2.50 bits per heavy atom. The van der Waals surface area contributed by atoms with E-state index in [2.05, 4.69) is 9.97 Å². The normalized spacial score (nSPS) is 11.9. The lowest BCUT2D eigenvalue weighted by Gasteiger charge is -2.13. The molecule has 0 saturated carbocycles. The van der Waals surface area contributed by atoms with E-state index in [0.29, 0.717) is 12.2 Å². The van der Waals surface area contributed by atoms with Gasteiger partial charge in [-0.25, -0.2) is 4.98 Å². The summed E-state index contributed by atoms with van der Waals surface area (Å²) in [6, 6.07) is 19.7. The molecule has 0 radical (unpaired) electrons. The fourth-order valence-corrected chi connectivity index (χ4v) is 3.97. The second-order valence-corrected chi connectivity index (χ2v) is 8.18. The van der Waals surface area contributed by atoms with Crippen LogP contribution in [0, 0.1) is 6.92 Å². The van der Waals surface area contributed by atoms with Crippen LogP contribution >= 0.6 is 0 Å². The molecule has 0 fully saturated rings. The van der Waals surface area contributed by atoms with Crippen molar-refractivity contribution in [1.82, 2.24) is 14.5 Å². The van der Waals surface area contributed by atoms with E-state index in [4.69, 9.17) is 4.42 Å². The van der Waals surface area contributed by atoms with Gasteiger partial charge >= 0.3 is 6.18 Å². The molecule has 2 aliphatic rings. The van der Waals surface area contributed by atoms with Gasteiger partial charge in [-0.3, -0.25) is 9.36 Å². The van der Waals surface area contributed by atoms with Crippen LogP contribution in [0.25, 0.3) is 17.1 Å². The zero-order valence-corrected chi connectivity index (χ0v) is 18.2. The Bertz CT molecular complexity index is 1480. The Morgan fingerprint density at radius 2 is 1.79 bits per heavy atom. The van der Waals surface area contributed by atoms with Crippen molar-refractivity contribution in [3.8, 4) is 17.1 Å². The molecule has 5 nitrogen and oxygen atoms in total. The van der Waals surface area contributed by atoms with Gasteiger partial charge in [0.1, 0.15) is 11.5 Å². The molecule has 0 bridgehead atoms. The average Bonchev–Trinajstić information content (AvgIpc) is 3.40. The number of H-pyrrole nitrogens is 1. The van der Waals surface area contributed by atoms with E-state index >= 15 is 0 Å². The minimum atomic E-state index is -4.59. The third kappa shape index (κ3) is 4.26. The summed E-state index contributed by atoms with van der Waals surface area (Å²) in [6.45, 7) is 1.99. The zero-order valence-electron chi connectivity index (χ0n) is 18.2. The summed E-state index contributed by atoms with van der Waals surface area (Å²) in [7, 11) is 0. The molecule has 0 saturated heterocycles. The van der Waals surface area contributed by atoms with Crippen molar-refractivity contribution >= 4 is 0 Å². The van der Waals surface area contributed by atoms with E-state index in [1.54, 1.807) is 6.20 Å². The molecule has 1 N–H and O–H groups in total. The molecule has 3 heterocycles. The molecule has 0 spiro atoms. The van der Waals surface area contributed by atoms with Crippen molar-refractivity contribution in [3.05, 3.63) is 117 Å². The number of aromatic amines is 1. The highest BCUT2D eigenvalue weighted by Crippen LogP contribution is 2.31. The van der Waals surface area contributed by atoms with Crippen LogP contribution in [0.4, 0.5) is 13.2 Å². The second-order valence-electron chi connectivity index (χ2n) is 8.18. The summed E-state index contributed by atoms with van der Waals surface area (Å²) in [4.78, 5) is 21.1. The standard InChI is InChI=1S/C26H20F3N3O2/c1-16-6-5-9-18(12-16)22-15-32-24(20(30-22)13-17-7-3-2-4-8-17)31-21(25(32)33)14-19-10-11-23(34-19)26(27,28)29/h2-12,15,30H,13-14H2,1H3. The highest BCUT2D eigenvalue weighted by atomic mass is 19.4. The lowest BCUT2D eigenvalue weighted by Crippen LogP contribution is -2.17. The number of hydrogen-bond donors (Lipinski definition) is 1. The molecule has 34 heavy (non-hydrogen) atoms. The number of imidazole rings is 1. The molecule has 3 aromatic rings. The Kier molecular flexibility index (Phi) is 5.36. The van der Waals surface area contributed by atoms with E-state index in [1.807, 2.05) is 61.5 Å². The van der Waals surface area contributed by atoms with Gasteiger partial charge in [-0.15, -0.1) is 0 Å². The number of furan rings is 1. The van der Waals surface area contributed by atoms with Gasteiger partial charge in [0.2, 0.25) is 5.76 Å². The number of fused-ring (bicyclic) bond motifs is 1. The summed E-state index contributed by atoms with van der Waals surface area (Å²) in [5.74, 6) is -0.637. The zero-order chi connectivity index (χ0) is 23.9. The molecule has 172 valence electrons. The van der Waals surface area contributed by atoms with E-state index in [0.717, 1.165) is 34.1 Å². The lowest BCUT2D eigenvalue weighted by molar-refractivity contribution is -0.153. The van der Waals surface area contributed by atoms with Crippen molar-refractivity contribution in [2.75, 3.05) is 0 Å². The monoisotopic (exact) mass is 463 g/mol. The number of rotatable bonds is 5. The summed E-state index contributed by atoms with van der Waals surface area (Å²) in [5, 5.41) is 0. The summed E-state index contributed by atoms with van der Waals surface area (Å²) in [5.41, 5.74) is 4.20. The molecular weight excluding hydrogens is 443 g/mol. The Morgan fingerprint density at radius 1 is 1.00 bits per heavy atom. The SMILES string of the molecule is Cc1cccc(-c2cn3c(=O)c(Cc4ccc(C(F)(F)F)o4)nc-3c(Cc3ccccc3)[nH]2)c1. The van der Waals surface area contributed by atoms with Crippen LogP contribution in [0.3, 0.4) is 0 Å². The van der Waals surface area contributed by atoms with Gasteiger partial charge < -0.3 is 9.40 Å². The van der Waals surface area contributed by atoms with Crippen LogP contribution in [0.5, 0.6) is 0 Å². The summed E-state index contributed by atoms with van der Waals surface area (Å²) >= 11 is 0. The quantitative estimate of drug-likeness (QED) is 0.360. The third-order valence-corrected chi connectivity index (χ3v) is 5.58. The molecule has 5 rings (SSSR count). The number of nitrogens with zero attached hydrogens (tertiary/aromatic N) is 2. The van der Waals surface area contributed by atoms with Gasteiger partial charge in [-0.1, -0.05) is 54.1 Å². The number of aromatic nitrogens is 3. The fraction of sp³-hybridized carbons (Fsp3) is 0.154. The highest BCUT2D eigenvalue weighted by molar-refractivity contribution is 5.61. The van der Waals surface area contributed by atoms with Crippen molar-refractivity contribution < 1.29 is 17.6 Å². The Balaban J connectivity index is 1.61. The maximum atomic E-state index is 13.2. The van der Waals surface area contributed by atoms with Crippen molar-refractivity contribution in [1.29, 1.82) is 0 Å². The Hall–Kier alpha value is -4.07. The second kappa shape index (κ2) is 8.37. The molecule has 2 aromatic carbocycles. The van der Waals surface area contributed by atoms with Gasteiger partial charge in [-0.2, -0.15) is 13.2 Å². The number of aryl methyl sites for hydroxylation is 1. The predicted molar refractivity (Wildman–Crippen MR) is 121 cm³/mol. The Labute approximate surface area is 192 Å².